The molecular weight excluding hydrogens is 308 g/mol. The Bertz CT molecular complexity index is 626. The Labute approximate surface area is 144 Å². The Morgan fingerprint density at radius 2 is 1.83 bits per heavy atom. The van der Waals surface area contributed by atoms with Crippen LogP contribution in [0.25, 0.3) is 0 Å². The van der Waals surface area contributed by atoms with Crippen LogP contribution in [-0.4, -0.2) is 27.2 Å². The van der Waals surface area contributed by atoms with Crippen molar-refractivity contribution in [3.8, 4) is 5.75 Å². The Morgan fingerprint density at radius 3 is 2.35 bits per heavy atom. The molecule has 0 fully saturated rings. The van der Waals surface area contributed by atoms with Crippen molar-refractivity contribution in [2.45, 2.75) is 19.3 Å². The topological polar surface area (TPSA) is 38.5 Å². The molecular formula is C19H25ClN2O. The molecule has 0 heterocycles. The van der Waals surface area contributed by atoms with Gasteiger partial charge >= 0.3 is 0 Å². The van der Waals surface area contributed by atoms with Gasteiger partial charge in [-0.1, -0.05) is 29.8 Å². The van der Waals surface area contributed by atoms with Crippen molar-refractivity contribution in [2.24, 2.45) is 5.73 Å². The summed E-state index contributed by atoms with van der Waals surface area (Å²) in [7, 11) is 4.08. The van der Waals surface area contributed by atoms with Crippen molar-refractivity contribution in [1.82, 2.24) is 0 Å². The minimum absolute atomic E-state index is 0.244. The van der Waals surface area contributed by atoms with Crippen LogP contribution in [0.3, 0.4) is 0 Å². The molecule has 0 amide bonds. The zero-order chi connectivity index (χ0) is 16.8. The van der Waals surface area contributed by atoms with Crippen LogP contribution >= 0.6 is 11.6 Å². The summed E-state index contributed by atoms with van der Waals surface area (Å²) in [5, 5.41) is 0.644. The number of nitrogens with two attached hydrogens (primary N) is 1. The first-order valence-electron chi connectivity index (χ1n) is 7.93. The average molecular weight is 333 g/mol. The molecule has 1 unspecified atom stereocenters. The summed E-state index contributed by atoms with van der Waals surface area (Å²) in [5.41, 5.74) is 9.62. The largest absolute Gasteiger partial charge is 0.492 e. The summed E-state index contributed by atoms with van der Waals surface area (Å²) in [6, 6.07) is 14.5. The molecule has 3 nitrogen and oxygen atoms in total. The van der Waals surface area contributed by atoms with Crippen LogP contribution in [0.1, 0.15) is 24.0 Å². The van der Waals surface area contributed by atoms with Gasteiger partial charge < -0.3 is 15.4 Å². The van der Waals surface area contributed by atoms with Gasteiger partial charge in [0.25, 0.3) is 0 Å². The first-order valence-corrected chi connectivity index (χ1v) is 8.31. The maximum Gasteiger partial charge on any atom is 0.137 e. The molecule has 0 aromatic heterocycles. The number of halogens is 1. The first kappa shape index (κ1) is 17.6. The number of benzene rings is 2. The van der Waals surface area contributed by atoms with Crippen molar-refractivity contribution in [1.29, 1.82) is 0 Å². The highest BCUT2D eigenvalue weighted by atomic mass is 35.5. The van der Waals surface area contributed by atoms with Gasteiger partial charge in [-0.25, -0.2) is 0 Å². The van der Waals surface area contributed by atoms with Crippen LogP contribution in [-0.2, 0) is 6.42 Å². The number of hydrogen-bond acceptors (Lipinski definition) is 3. The molecule has 2 N–H and O–H groups in total. The molecule has 23 heavy (non-hydrogen) atoms. The molecule has 1 atom stereocenters. The van der Waals surface area contributed by atoms with Crippen molar-refractivity contribution in [2.75, 3.05) is 32.1 Å². The van der Waals surface area contributed by atoms with Gasteiger partial charge in [0, 0.05) is 25.7 Å². The second-order valence-electron chi connectivity index (χ2n) is 5.82. The van der Waals surface area contributed by atoms with Gasteiger partial charge in [0.05, 0.1) is 11.6 Å². The van der Waals surface area contributed by atoms with Crippen LogP contribution < -0.4 is 15.4 Å². The summed E-state index contributed by atoms with van der Waals surface area (Å²) < 4.78 is 5.49. The molecule has 0 aliphatic heterocycles. The third kappa shape index (κ3) is 4.63. The summed E-state index contributed by atoms with van der Waals surface area (Å²) in [6.45, 7) is 3.14. The lowest BCUT2D eigenvalue weighted by molar-refractivity contribution is 0.340. The molecule has 0 bridgehead atoms. The predicted octanol–water partition coefficient (Wildman–Crippen LogP) is 4.09. The molecule has 0 aliphatic rings. The molecule has 2 aromatic carbocycles. The average Bonchev–Trinajstić information content (AvgIpc) is 2.55. The lowest BCUT2D eigenvalue weighted by atomic mass is 9.92. The van der Waals surface area contributed by atoms with Gasteiger partial charge in [0.15, 0.2) is 0 Å². The molecule has 0 saturated carbocycles. The highest BCUT2D eigenvalue weighted by Crippen LogP contribution is 2.30. The van der Waals surface area contributed by atoms with E-state index in [0.717, 1.165) is 17.7 Å². The Kier molecular flexibility index (Phi) is 6.31. The standard InChI is InChI=1S/C19H25ClN2O/c1-4-23-19-10-7-15(12-18(19)20)16(13-21)11-14-5-8-17(9-6-14)22(2)3/h5-10,12,16H,4,11,13,21H2,1-3H3. The SMILES string of the molecule is CCOc1ccc(C(CN)Cc2ccc(N(C)C)cc2)cc1Cl. The van der Waals surface area contributed by atoms with Crippen LogP contribution in [0.5, 0.6) is 5.75 Å². The van der Waals surface area contributed by atoms with E-state index in [1.165, 1.54) is 11.3 Å². The van der Waals surface area contributed by atoms with Gasteiger partial charge in [-0.15, -0.1) is 0 Å². The van der Waals surface area contributed by atoms with Gasteiger partial charge in [-0.2, -0.15) is 0 Å². The predicted molar refractivity (Wildman–Crippen MR) is 98.9 cm³/mol. The highest BCUT2D eigenvalue weighted by Gasteiger charge is 2.13. The summed E-state index contributed by atoms with van der Waals surface area (Å²) in [5.74, 6) is 0.970. The Hall–Kier alpha value is -1.71. The lowest BCUT2D eigenvalue weighted by Crippen LogP contribution is -2.15. The fourth-order valence-electron chi connectivity index (χ4n) is 2.60. The number of hydrogen-bond donors (Lipinski definition) is 1. The third-order valence-corrected chi connectivity index (χ3v) is 4.24. The van der Waals surface area contributed by atoms with Gasteiger partial charge in [0.2, 0.25) is 0 Å². The maximum atomic E-state index is 6.30. The fraction of sp³-hybridized carbons (Fsp3) is 0.368. The van der Waals surface area contributed by atoms with E-state index in [-0.39, 0.29) is 5.92 Å². The highest BCUT2D eigenvalue weighted by molar-refractivity contribution is 6.32. The van der Waals surface area contributed by atoms with E-state index < -0.39 is 0 Å². The van der Waals surface area contributed by atoms with E-state index in [4.69, 9.17) is 22.1 Å². The smallest absolute Gasteiger partial charge is 0.137 e. The lowest BCUT2D eigenvalue weighted by Gasteiger charge is -2.18. The second-order valence-corrected chi connectivity index (χ2v) is 6.23. The minimum atomic E-state index is 0.244. The molecule has 0 aliphatic carbocycles. The van der Waals surface area contributed by atoms with Gasteiger partial charge in [-0.3, -0.25) is 0 Å². The fourth-order valence-corrected chi connectivity index (χ4v) is 2.84. The third-order valence-electron chi connectivity index (χ3n) is 3.95. The minimum Gasteiger partial charge on any atom is -0.492 e. The quantitative estimate of drug-likeness (QED) is 0.830. The van der Waals surface area contributed by atoms with E-state index in [2.05, 4.69) is 35.2 Å². The van der Waals surface area contributed by atoms with Crippen LogP contribution in [0, 0.1) is 0 Å². The molecule has 4 heteroatoms. The molecule has 0 spiro atoms. The van der Waals surface area contributed by atoms with E-state index in [0.29, 0.717) is 18.2 Å². The van der Waals surface area contributed by atoms with E-state index in [1.807, 2.05) is 33.2 Å². The molecule has 2 rings (SSSR count). The van der Waals surface area contributed by atoms with E-state index in [1.54, 1.807) is 0 Å². The van der Waals surface area contributed by atoms with Crippen LogP contribution in [0.2, 0.25) is 5.02 Å². The number of rotatable bonds is 7. The van der Waals surface area contributed by atoms with Crippen LogP contribution in [0.4, 0.5) is 5.69 Å². The van der Waals surface area contributed by atoms with Gasteiger partial charge in [0.1, 0.15) is 5.75 Å². The summed E-state index contributed by atoms with van der Waals surface area (Å²) in [4.78, 5) is 2.09. The zero-order valence-corrected chi connectivity index (χ0v) is 14.8. The number of ether oxygens (including phenoxy) is 1. The Morgan fingerprint density at radius 1 is 1.13 bits per heavy atom. The van der Waals surface area contributed by atoms with E-state index >= 15 is 0 Å². The van der Waals surface area contributed by atoms with Gasteiger partial charge in [-0.05, 0) is 55.3 Å². The molecule has 0 radical (unpaired) electrons. The first-order chi connectivity index (χ1) is 11.0. The summed E-state index contributed by atoms with van der Waals surface area (Å²) in [6.07, 6.45) is 0.897. The maximum absolute atomic E-state index is 6.30. The molecule has 0 saturated heterocycles. The summed E-state index contributed by atoms with van der Waals surface area (Å²) >= 11 is 6.30. The number of nitrogens with zero attached hydrogens (tertiary/aromatic N) is 1. The molecule has 124 valence electrons. The van der Waals surface area contributed by atoms with E-state index in [9.17, 15) is 0 Å². The second kappa shape index (κ2) is 8.23. The van der Waals surface area contributed by atoms with Crippen molar-refractivity contribution in [3.05, 3.63) is 58.6 Å². The van der Waals surface area contributed by atoms with Crippen molar-refractivity contribution < 1.29 is 4.74 Å². The zero-order valence-electron chi connectivity index (χ0n) is 14.1. The molecule has 2 aromatic rings. The van der Waals surface area contributed by atoms with Crippen molar-refractivity contribution in [3.63, 3.8) is 0 Å². The van der Waals surface area contributed by atoms with Crippen molar-refractivity contribution >= 4 is 17.3 Å². The van der Waals surface area contributed by atoms with Crippen LogP contribution in [0.15, 0.2) is 42.5 Å². The number of anilines is 1. The normalized spacial score (nSPS) is 12.0. The Balaban J connectivity index is 2.14. The monoisotopic (exact) mass is 332 g/mol.